The Kier molecular flexibility index (Phi) is 6.27. The van der Waals surface area contributed by atoms with Gasteiger partial charge in [0.15, 0.2) is 5.75 Å². The van der Waals surface area contributed by atoms with Gasteiger partial charge in [-0.25, -0.2) is 0 Å². The monoisotopic (exact) mass is 500 g/mol. The lowest BCUT2D eigenvalue weighted by molar-refractivity contribution is -0.129. The summed E-state index contributed by atoms with van der Waals surface area (Å²) in [5.74, 6) is 0.328. The molecule has 1 aliphatic carbocycles. The van der Waals surface area contributed by atoms with Crippen molar-refractivity contribution in [3.8, 4) is 17.2 Å². The molecule has 0 saturated carbocycles. The predicted molar refractivity (Wildman–Crippen MR) is 129 cm³/mol. The molecule has 3 atom stereocenters. The van der Waals surface area contributed by atoms with Gasteiger partial charge in [0.05, 0.1) is 26.5 Å². The first-order valence-electron chi connectivity index (χ1n) is 11.8. The molecule has 1 aromatic carbocycles. The highest BCUT2D eigenvalue weighted by Gasteiger charge is 2.60. The Hall–Kier alpha value is -2.97. The zero-order valence-electron chi connectivity index (χ0n) is 20.1. The first-order chi connectivity index (χ1) is 16.9. The van der Waals surface area contributed by atoms with Gasteiger partial charge in [-0.05, 0) is 44.5 Å². The lowest BCUT2D eigenvalue weighted by atomic mass is 9.74. The number of rotatable bonds is 7. The number of hydrogen-bond donors (Lipinski definition) is 1. The van der Waals surface area contributed by atoms with Crippen molar-refractivity contribution in [3.05, 3.63) is 52.6 Å². The van der Waals surface area contributed by atoms with Gasteiger partial charge in [0.25, 0.3) is 0 Å². The molecule has 9 heteroatoms. The van der Waals surface area contributed by atoms with Gasteiger partial charge >= 0.3 is 0 Å². The molecule has 0 amide bonds. The van der Waals surface area contributed by atoms with E-state index in [2.05, 4.69) is 10.2 Å². The van der Waals surface area contributed by atoms with Crippen LogP contribution in [0.5, 0.6) is 17.2 Å². The Morgan fingerprint density at radius 3 is 2.60 bits per heavy atom. The van der Waals surface area contributed by atoms with Crippen LogP contribution in [0.3, 0.4) is 0 Å². The number of likely N-dealkylation sites (tertiary alicyclic amines) is 1. The van der Waals surface area contributed by atoms with Crippen molar-refractivity contribution in [1.82, 2.24) is 10.2 Å². The topological polar surface area (TPSA) is 90.2 Å². The zero-order chi connectivity index (χ0) is 24.7. The van der Waals surface area contributed by atoms with Crippen molar-refractivity contribution >= 4 is 23.2 Å². The van der Waals surface area contributed by atoms with E-state index in [4.69, 9.17) is 30.2 Å². The van der Waals surface area contributed by atoms with Gasteiger partial charge in [0.1, 0.15) is 27.8 Å². The Bertz CT molecular complexity index is 1170. The number of halogens is 1. The zero-order valence-corrected chi connectivity index (χ0v) is 20.8. The molecule has 0 radical (unpaired) electrons. The Labute approximate surface area is 209 Å². The minimum atomic E-state index is -1.67. The molecule has 35 heavy (non-hydrogen) atoms. The van der Waals surface area contributed by atoms with E-state index in [1.807, 2.05) is 19.1 Å². The second-order valence-electron chi connectivity index (χ2n) is 9.26. The molecule has 2 aliphatic heterocycles. The summed E-state index contributed by atoms with van der Waals surface area (Å²) in [7, 11) is 2.91. The highest BCUT2D eigenvalue weighted by Crippen LogP contribution is 2.52. The van der Waals surface area contributed by atoms with Gasteiger partial charge in [-0.15, -0.1) is 0 Å². The predicted octanol–water partition coefficient (Wildman–Crippen LogP) is 4.18. The molecule has 1 aromatic heterocycles. The third kappa shape index (κ3) is 3.79. The van der Waals surface area contributed by atoms with Gasteiger partial charge in [0, 0.05) is 30.3 Å². The minimum Gasteiger partial charge on any atom is -0.496 e. The lowest BCUT2D eigenvalue weighted by Crippen LogP contribution is -2.55. The molecule has 5 rings (SSSR count). The van der Waals surface area contributed by atoms with Gasteiger partial charge in [-0.3, -0.25) is 14.5 Å². The second kappa shape index (κ2) is 9.24. The molecule has 8 nitrogen and oxygen atoms in total. The number of carbonyl (C=O) groups excluding carboxylic acids is 2. The highest BCUT2D eigenvalue weighted by molar-refractivity contribution is 6.36. The fourth-order valence-electron chi connectivity index (χ4n) is 5.42. The van der Waals surface area contributed by atoms with E-state index in [-0.39, 0.29) is 28.1 Å². The minimum absolute atomic E-state index is 0.0684. The van der Waals surface area contributed by atoms with Gasteiger partial charge < -0.3 is 23.9 Å². The molecule has 1 spiro atoms. The van der Waals surface area contributed by atoms with Crippen LogP contribution in [0.4, 0.5) is 0 Å². The number of methoxy groups -OCH3 is 2. The van der Waals surface area contributed by atoms with Crippen LogP contribution in [0.15, 0.2) is 40.7 Å². The number of nitrogens with zero attached hydrogens (tertiary/aromatic N) is 1. The van der Waals surface area contributed by atoms with E-state index >= 15 is 0 Å². The summed E-state index contributed by atoms with van der Waals surface area (Å²) in [6, 6.07) is 5.48. The molecular weight excluding hydrogens is 472 g/mol. The van der Waals surface area contributed by atoms with Crippen molar-refractivity contribution in [2.24, 2.45) is 5.92 Å². The van der Waals surface area contributed by atoms with Crippen LogP contribution in [0, 0.1) is 5.92 Å². The van der Waals surface area contributed by atoms with Crippen molar-refractivity contribution in [2.75, 3.05) is 33.9 Å². The molecule has 1 fully saturated rings. The molecule has 1 saturated heterocycles. The molecule has 3 aliphatic rings. The summed E-state index contributed by atoms with van der Waals surface area (Å²) < 4.78 is 22.5. The number of hydrogen-bond acceptors (Lipinski definition) is 8. The molecule has 2 aromatic rings. The second-order valence-corrected chi connectivity index (χ2v) is 9.64. The van der Waals surface area contributed by atoms with Gasteiger partial charge in [0.2, 0.25) is 17.2 Å². The van der Waals surface area contributed by atoms with E-state index in [1.54, 1.807) is 6.26 Å². The lowest BCUT2D eigenvalue weighted by Gasteiger charge is -2.36. The first kappa shape index (κ1) is 23.8. The van der Waals surface area contributed by atoms with E-state index in [1.165, 1.54) is 26.4 Å². The standard InChI is InChI=1S/C26H29ClN2O6/c1-15-11-16(28-14-17(18-7-6-10-34-18)29-8-4-5-9-29)12-21(30)26(15)25(31)22-19(32-2)13-20(33-3)23(27)24(22)35-26/h6-7,10,12-13,15,17,28H,4-5,8-9,11,14H2,1-3H3/t15-,17+,26+/m1/s1. The molecule has 0 unspecified atom stereocenters. The van der Waals surface area contributed by atoms with Gasteiger partial charge in [-0.1, -0.05) is 18.5 Å². The number of fused-ring (bicyclic) bond motifs is 1. The molecule has 0 bridgehead atoms. The van der Waals surface area contributed by atoms with E-state index in [0.717, 1.165) is 37.4 Å². The van der Waals surface area contributed by atoms with Crippen LogP contribution in [-0.2, 0) is 4.79 Å². The van der Waals surface area contributed by atoms with E-state index in [9.17, 15) is 9.59 Å². The van der Waals surface area contributed by atoms with Crippen molar-refractivity contribution < 1.29 is 28.2 Å². The third-order valence-electron chi connectivity index (χ3n) is 7.29. The van der Waals surface area contributed by atoms with Gasteiger partial charge in [-0.2, -0.15) is 0 Å². The number of nitrogens with one attached hydrogen (secondary N) is 1. The molecule has 1 N–H and O–H groups in total. The fraction of sp³-hybridized carbons (Fsp3) is 0.462. The summed E-state index contributed by atoms with van der Waals surface area (Å²) in [5, 5.41) is 3.59. The van der Waals surface area contributed by atoms with Crippen LogP contribution in [0.25, 0.3) is 0 Å². The maximum atomic E-state index is 13.6. The maximum absolute atomic E-state index is 13.6. The molecule has 186 valence electrons. The summed E-state index contributed by atoms with van der Waals surface area (Å²) in [4.78, 5) is 29.5. The number of furan rings is 1. The van der Waals surface area contributed by atoms with E-state index in [0.29, 0.717) is 18.7 Å². The van der Waals surface area contributed by atoms with Crippen LogP contribution in [-0.4, -0.2) is 55.9 Å². The Morgan fingerprint density at radius 2 is 1.97 bits per heavy atom. The number of allylic oxidation sites excluding steroid dienone is 1. The van der Waals surface area contributed by atoms with Crippen molar-refractivity contribution in [2.45, 2.75) is 37.8 Å². The summed E-state index contributed by atoms with van der Waals surface area (Å²) in [6.07, 6.45) is 5.96. The molecular formula is C26H29ClN2O6. The SMILES string of the molecule is COc1cc(OC)c2c(c1Cl)O[C@@]1(C(=O)C=C(NC[C@@H](c3ccco3)N3CCCC3)C[C@H]1C)C2=O. The van der Waals surface area contributed by atoms with Crippen LogP contribution in [0.1, 0.15) is 48.3 Å². The van der Waals surface area contributed by atoms with Crippen molar-refractivity contribution in [1.29, 1.82) is 0 Å². The van der Waals surface area contributed by atoms with Crippen molar-refractivity contribution in [3.63, 3.8) is 0 Å². The average Bonchev–Trinajstić information content (AvgIpc) is 3.61. The fourth-order valence-corrected chi connectivity index (χ4v) is 5.69. The summed E-state index contributed by atoms with van der Waals surface area (Å²) in [6.45, 7) is 4.46. The Morgan fingerprint density at radius 1 is 1.23 bits per heavy atom. The van der Waals surface area contributed by atoms with E-state index < -0.39 is 23.1 Å². The Balaban J connectivity index is 1.40. The van der Waals surface area contributed by atoms with Crippen LogP contribution < -0.4 is 19.5 Å². The normalized spacial score (nSPS) is 24.8. The number of ether oxygens (including phenoxy) is 3. The number of Topliss-reactive ketones (excluding diaryl/α,β-unsaturated/α-hetero) is 1. The highest BCUT2D eigenvalue weighted by atomic mass is 35.5. The summed E-state index contributed by atoms with van der Waals surface area (Å²) >= 11 is 6.46. The molecule has 3 heterocycles. The smallest absolute Gasteiger partial charge is 0.236 e. The number of ketones is 2. The quantitative estimate of drug-likeness (QED) is 0.566. The largest absolute Gasteiger partial charge is 0.496 e. The number of benzene rings is 1. The third-order valence-corrected chi connectivity index (χ3v) is 7.64. The number of carbonyl (C=O) groups is 2. The average molecular weight is 501 g/mol. The first-order valence-corrected chi connectivity index (χ1v) is 12.2. The maximum Gasteiger partial charge on any atom is 0.236 e. The summed E-state index contributed by atoms with van der Waals surface area (Å²) in [5.41, 5.74) is -0.728. The van der Waals surface area contributed by atoms with Crippen LogP contribution in [0.2, 0.25) is 5.02 Å². The van der Waals surface area contributed by atoms with Crippen LogP contribution >= 0.6 is 11.6 Å².